The van der Waals surface area contributed by atoms with Gasteiger partial charge >= 0.3 is 0 Å². The summed E-state index contributed by atoms with van der Waals surface area (Å²) < 4.78 is 5.30. The Kier molecular flexibility index (Phi) is 8.58. The molecule has 0 fully saturated rings. The van der Waals surface area contributed by atoms with Crippen molar-refractivity contribution in [2.24, 2.45) is 0 Å². The zero-order valence-corrected chi connectivity index (χ0v) is 16.7. The van der Waals surface area contributed by atoms with Gasteiger partial charge in [-0.05, 0) is 42.9 Å². The largest absolute Gasteiger partial charge is 0.462 e. The molecule has 0 unspecified atom stereocenters. The minimum Gasteiger partial charge on any atom is -0.462 e. The number of benzene rings is 1. The summed E-state index contributed by atoms with van der Waals surface area (Å²) >= 11 is 4.92. The van der Waals surface area contributed by atoms with E-state index in [1.54, 1.807) is 19.1 Å². The van der Waals surface area contributed by atoms with Crippen LogP contribution in [-0.2, 0) is 20.9 Å². The molecule has 4 N–H and O–H groups in total. The van der Waals surface area contributed by atoms with Gasteiger partial charge in [-0.25, -0.2) is 0 Å². The molecule has 0 aliphatic carbocycles. The molecule has 0 aliphatic heterocycles. The summed E-state index contributed by atoms with van der Waals surface area (Å²) in [4.78, 5) is 35.3. The van der Waals surface area contributed by atoms with Gasteiger partial charge in [0.1, 0.15) is 11.5 Å². The smallest absolute Gasteiger partial charge is 0.250 e. The van der Waals surface area contributed by atoms with Gasteiger partial charge in [0.05, 0.1) is 0 Å². The highest BCUT2D eigenvalue weighted by atomic mass is 32.1. The maximum Gasteiger partial charge on any atom is 0.250 e. The summed E-state index contributed by atoms with van der Waals surface area (Å²) in [6.07, 6.45) is 2.76. The molecular weight excluding hydrogens is 392 g/mol. The lowest BCUT2D eigenvalue weighted by molar-refractivity contribution is -0.126. The molecule has 1 aromatic heterocycles. The second-order valence-corrected chi connectivity index (χ2v) is 6.44. The summed E-state index contributed by atoms with van der Waals surface area (Å²) in [5, 5.41) is 5.04. The van der Waals surface area contributed by atoms with Crippen LogP contribution >= 0.6 is 12.2 Å². The highest BCUT2D eigenvalue weighted by molar-refractivity contribution is 7.80. The number of rotatable bonds is 7. The molecule has 0 saturated carbocycles. The van der Waals surface area contributed by atoms with E-state index in [1.165, 1.54) is 12.2 Å². The first-order valence-corrected chi connectivity index (χ1v) is 9.28. The minimum absolute atomic E-state index is 0.0259. The van der Waals surface area contributed by atoms with Gasteiger partial charge < -0.3 is 9.73 Å². The number of carbonyl (C=O) groups is 3. The Bertz CT molecular complexity index is 893. The number of hydrogen-bond acceptors (Lipinski definition) is 5. The Hall–Kier alpha value is -3.46. The number of hydrogen-bond donors (Lipinski definition) is 4. The fourth-order valence-corrected chi connectivity index (χ4v) is 2.34. The maximum atomic E-state index is 11.8. The van der Waals surface area contributed by atoms with Crippen LogP contribution in [0.1, 0.15) is 29.9 Å². The van der Waals surface area contributed by atoms with Crippen molar-refractivity contribution < 1.29 is 18.8 Å². The maximum absolute atomic E-state index is 11.8. The second-order valence-electron chi connectivity index (χ2n) is 6.04. The van der Waals surface area contributed by atoms with Crippen LogP contribution in [0, 0.1) is 6.92 Å². The molecule has 29 heavy (non-hydrogen) atoms. The summed E-state index contributed by atoms with van der Waals surface area (Å²) in [6.45, 7) is 2.20. The third-order valence-corrected chi connectivity index (χ3v) is 3.83. The standard InChI is InChI=1S/C20H22N4O4S/c1-14-7-8-16(28-14)9-10-18(26)22-20(29)24-23-19(27)12-11-17(25)21-13-15-5-3-2-4-6-15/h2-10H,11-13H2,1H3,(H,21,25)(H,23,27)(H2,22,24,26,29)/b10-9+. The van der Waals surface area contributed by atoms with Gasteiger partial charge in [0.15, 0.2) is 5.11 Å². The van der Waals surface area contributed by atoms with E-state index in [9.17, 15) is 14.4 Å². The number of nitrogens with one attached hydrogen (secondary N) is 4. The normalized spacial score (nSPS) is 10.4. The zero-order chi connectivity index (χ0) is 21.1. The van der Waals surface area contributed by atoms with E-state index in [2.05, 4.69) is 21.5 Å². The van der Waals surface area contributed by atoms with E-state index in [0.29, 0.717) is 12.3 Å². The minimum atomic E-state index is -0.480. The molecule has 0 spiro atoms. The topological polar surface area (TPSA) is 112 Å². The van der Waals surface area contributed by atoms with Crippen molar-refractivity contribution in [2.75, 3.05) is 0 Å². The van der Waals surface area contributed by atoms with Crippen molar-refractivity contribution >= 4 is 41.1 Å². The Morgan fingerprint density at radius 3 is 2.41 bits per heavy atom. The summed E-state index contributed by atoms with van der Waals surface area (Å²) in [5.74, 6) is 0.122. The van der Waals surface area contributed by atoms with Gasteiger partial charge in [-0.1, -0.05) is 30.3 Å². The van der Waals surface area contributed by atoms with Gasteiger partial charge in [-0.3, -0.25) is 30.6 Å². The van der Waals surface area contributed by atoms with Gasteiger partial charge in [-0.2, -0.15) is 0 Å². The van der Waals surface area contributed by atoms with Crippen LogP contribution in [0.15, 0.2) is 53.0 Å². The number of carbonyl (C=O) groups excluding carboxylic acids is 3. The van der Waals surface area contributed by atoms with Crippen molar-refractivity contribution in [1.29, 1.82) is 0 Å². The van der Waals surface area contributed by atoms with Gasteiger partial charge in [0.25, 0.3) is 0 Å². The lowest BCUT2D eigenvalue weighted by Crippen LogP contribution is -2.48. The Morgan fingerprint density at radius 2 is 1.72 bits per heavy atom. The molecule has 2 aromatic rings. The van der Waals surface area contributed by atoms with Crippen LogP contribution in [0.2, 0.25) is 0 Å². The summed E-state index contributed by atoms with van der Waals surface area (Å²) in [7, 11) is 0. The molecular formula is C20H22N4O4S. The predicted octanol–water partition coefficient (Wildman–Crippen LogP) is 1.72. The van der Waals surface area contributed by atoms with Crippen molar-refractivity contribution in [2.45, 2.75) is 26.3 Å². The molecule has 0 bridgehead atoms. The molecule has 1 aromatic carbocycles. The van der Waals surface area contributed by atoms with E-state index in [4.69, 9.17) is 16.6 Å². The lowest BCUT2D eigenvalue weighted by Gasteiger charge is -2.10. The zero-order valence-electron chi connectivity index (χ0n) is 15.9. The van der Waals surface area contributed by atoms with Gasteiger partial charge in [0.2, 0.25) is 17.7 Å². The average molecular weight is 414 g/mol. The van der Waals surface area contributed by atoms with Crippen molar-refractivity contribution in [3.8, 4) is 0 Å². The van der Waals surface area contributed by atoms with E-state index >= 15 is 0 Å². The molecule has 1 heterocycles. The first-order chi connectivity index (χ1) is 13.9. The van der Waals surface area contributed by atoms with E-state index < -0.39 is 11.8 Å². The number of furan rings is 1. The Labute approximate surface area is 173 Å². The molecule has 152 valence electrons. The van der Waals surface area contributed by atoms with Gasteiger partial charge in [0, 0.05) is 25.5 Å². The molecule has 0 aliphatic rings. The number of hydrazine groups is 1. The third-order valence-electron chi connectivity index (χ3n) is 3.62. The Morgan fingerprint density at radius 1 is 1.00 bits per heavy atom. The van der Waals surface area contributed by atoms with Crippen molar-refractivity contribution in [3.63, 3.8) is 0 Å². The molecule has 0 atom stereocenters. The van der Waals surface area contributed by atoms with E-state index in [1.807, 2.05) is 30.3 Å². The lowest BCUT2D eigenvalue weighted by atomic mass is 10.2. The molecule has 8 nitrogen and oxygen atoms in total. The van der Waals surface area contributed by atoms with Crippen molar-refractivity contribution in [1.82, 2.24) is 21.5 Å². The molecule has 0 radical (unpaired) electrons. The van der Waals surface area contributed by atoms with Gasteiger partial charge in [-0.15, -0.1) is 0 Å². The monoisotopic (exact) mass is 414 g/mol. The number of aryl methyl sites for hydroxylation is 1. The average Bonchev–Trinajstić information content (AvgIpc) is 3.13. The number of amides is 3. The molecule has 2 rings (SSSR count). The summed E-state index contributed by atoms with van der Waals surface area (Å²) in [6, 6.07) is 13.0. The fraction of sp³-hybridized carbons (Fsp3) is 0.200. The molecule has 0 saturated heterocycles. The van der Waals surface area contributed by atoms with Crippen LogP contribution < -0.4 is 21.5 Å². The molecule has 3 amide bonds. The van der Waals surface area contributed by atoms with Crippen LogP contribution in [0.5, 0.6) is 0 Å². The highest BCUT2D eigenvalue weighted by Gasteiger charge is 2.08. The third kappa shape index (κ3) is 8.85. The van der Waals surface area contributed by atoms with Crippen LogP contribution in [0.4, 0.5) is 0 Å². The quantitative estimate of drug-likeness (QED) is 0.312. The van der Waals surface area contributed by atoms with Crippen LogP contribution in [0.3, 0.4) is 0 Å². The van der Waals surface area contributed by atoms with Crippen molar-refractivity contribution in [3.05, 3.63) is 65.6 Å². The first kappa shape index (κ1) is 21.8. The number of thiocarbonyl (C=S) groups is 1. The Balaban J connectivity index is 1.60. The second kappa shape index (κ2) is 11.4. The first-order valence-electron chi connectivity index (χ1n) is 8.87. The fourth-order valence-electron chi connectivity index (χ4n) is 2.19. The summed E-state index contributed by atoms with van der Waals surface area (Å²) in [5.41, 5.74) is 5.71. The van der Waals surface area contributed by atoms with Crippen LogP contribution in [0.25, 0.3) is 6.08 Å². The highest BCUT2D eigenvalue weighted by Crippen LogP contribution is 2.07. The molecule has 9 heteroatoms. The SMILES string of the molecule is Cc1ccc(/C=C/C(=O)NC(=S)NNC(=O)CCC(=O)NCc2ccccc2)o1. The van der Waals surface area contributed by atoms with Crippen LogP contribution in [-0.4, -0.2) is 22.8 Å². The van der Waals surface area contributed by atoms with E-state index in [0.717, 1.165) is 11.3 Å². The van der Waals surface area contributed by atoms with E-state index in [-0.39, 0.29) is 23.9 Å². The predicted molar refractivity (Wildman–Crippen MR) is 112 cm³/mol.